The van der Waals surface area contributed by atoms with Crippen LogP contribution in [0, 0.1) is 23.4 Å². The summed E-state index contributed by atoms with van der Waals surface area (Å²) in [5, 5.41) is 17.3. The zero-order valence-corrected chi connectivity index (χ0v) is 11.4. The highest BCUT2D eigenvalue weighted by Gasteiger charge is 2.42. The molecule has 1 aromatic carbocycles. The summed E-state index contributed by atoms with van der Waals surface area (Å²) < 4.78 is 64.9. The topological polar surface area (TPSA) is 112 Å². The molecule has 22 heavy (non-hydrogen) atoms. The first-order chi connectivity index (χ1) is 10.1. The summed E-state index contributed by atoms with van der Waals surface area (Å²) in [6, 6.07) is 0.166. The summed E-state index contributed by atoms with van der Waals surface area (Å²) in [5.41, 5.74) is -1.34. The van der Waals surface area contributed by atoms with Crippen molar-refractivity contribution < 1.29 is 41.4 Å². The number of halogens is 3. The van der Waals surface area contributed by atoms with E-state index in [2.05, 4.69) is 0 Å². The standard InChI is InChI=1S/C11H8F3NO6S/c12-7-5(11(18)19)1-6(8(13)9(7)14)22(20,21)15-2-4(3-15)10(16)17/h1,4H,2-3H2,(H,16,17)(H,18,19). The van der Waals surface area contributed by atoms with Crippen molar-refractivity contribution in [2.45, 2.75) is 4.90 Å². The van der Waals surface area contributed by atoms with E-state index in [1.807, 2.05) is 0 Å². The van der Waals surface area contributed by atoms with Gasteiger partial charge in [0.25, 0.3) is 0 Å². The number of benzene rings is 1. The van der Waals surface area contributed by atoms with Crippen LogP contribution in [0.15, 0.2) is 11.0 Å². The molecule has 120 valence electrons. The molecular formula is C11H8F3NO6S. The molecule has 1 aliphatic rings. The van der Waals surface area contributed by atoms with Crippen molar-refractivity contribution in [3.63, 3.8) is 0 Å². The van der Waals surface area contributed by atoms with Gasteiger partial charge >= 0.3 is 11.9 Å². The molecule has 0 unspecified atom stereocenters. The van der Waals surface area contributed by atoms with Crippen molar-refractivity contribution in [3.8, 4) is 0 Å². The Morgan fingerprint density at radius 1 is 1.09 bits per heavy atom. The van der Waals surface area contributed by atoms with E-state index in [1.54, 1.807) is 0 Å². The highest BCUT2D eigenvalue weighted by Crippen LogP contribution is 2.30. The Labute approximate surface area is 121 Å². The summed E-state index contributed by atoms with van der Waals surface area (Å²) in [6.45, 7) is -0.947. The lowest BCUT2D eigenvalue weighted by molar-refractivity contribution is -0.145. The fraction of sp³-hybridized carbons (Fsp3) is 0.273. The molecule has 2 N–H and O–H groups in total. The maximum absolute atomic E-state index is 13.6. The molecule has 1 aliphatic heterocycles. The Bertz CT molecular complexity index is 773. The van der Waals surface area contributed by atoms with Gasteiger partial charge in [-0.2, -0.15) is 4.31 Å². The van der Waals surface area contributed by atoms with Crippen LogP contribution in [-0.2, 0) is 14.8 Å². The number of aliphatic carboxylic acids is 1. The van der Waals surface area contributed by atoms with Crippen molar-refractivity contribution in [2.75, 3.05) is 13.1 Å². The zero-order chi connectivity index (χ0) is 16.8. The molecule has 7 nitrogen and oxygen atoms in total. The molecule has 1 fully saturated rings. The van der Waals surface area contributed by atoms with Crippen molar-refractivity contribution in [1.82, 2.24) is 4.31 Å². The van der Waals surface area contributed by atoms with Gasteiger partial charge in [0.1, 0.15) is 4.90 Å². The molecule has 0 bridgehead atoms. The lowest BCUT2D eigenvalue weighted by Crippen LogP contribution is -2.53. The number of carbonyl (C=O) groups is 2. The fourth-order valence-electron chi connectivity index (χ4n) is 1.85. The molecule has 0 atom stereocenters. The monoisotopic (exact) mass is 339 g/mol. The fourth-order valence-corrected chi connectivity index (χ4v) is 3.47. The van der Waals surface area contributed by atoms with Crippen LogP contribution < -0.4 is 0 Å². The normalized spacial score (nSPS) is 16.3. The molecule has 0 spiro atoms. The van der Waals surface area contributed by atoms with Gasteiger partial charge in [-0.15, -0.1) is 0 Å². The third-order valence-electron chi connectivity index (χ3n) is 3.16. The third kappa shape index (κ3) is 2.41. The minimum absolute atomic E-state index is 0.166. The van der Waals surface area contributed by atoms with Crippen LogP contribution in [0.2, 0.25) is 0 Å². The number of sulfonamides is 1. The molecule has 0 saturated carbocycles. The Morgan fingerprint density at radius 2 is 1.64 bits per heavy atom. The van der Waals surface area contributed by atoms with Crippen LogP contribution in [0.5, 0.6) is 0 Å². The number of nitrogens with zero attached hydrogens (tertiary/aromatic N) is 1. The quantitative estimate of drug-likeness (QED) is 0.773. The first kappa shape index (κ1) is 16.2. The SMILES string of the molecule is O=C(O)c1cc(S(=O)(=O)N2CC(C(=O)O)C2)c(F)c(F)c1F. The smallest absolute Gasteiger partial charge is 0.338 e. The molecule has 11 heteroatoms. The van der Waals surface area contributed by atoms with E-state index in [0.29, 0.717) is 4.31 Å². The number of aromatic carboxylic acids is 1. The van der Waals surface area contributed by atoms with E-state index in [9.17, 15) is 31.2 Å². The van der Waals surface area contributed by atoms with Crippen LogP contribution >= 0.6 is 0 Å². The van der Waals surface area contributed by atoms with Crippen molar-refractivity contribution in [3.05, 3.63) is 29.1 Å². The zero-order valence-electron chi connectivity index (χ0n) is 10.6. The predicted octanol–water partition coefficient (Wildman–Crippen LogP) is 0.507. The Hall–Kier alpha value is -2.14. The molecule has 2 rings (SSSR count). The van der Waals surface area contributed by atoms with E-state index < -0.39 is 68.9 Å². The Morgan fingerprint density at radius 3 is 2.09 bits per heavy atom. The molecule has 0 aromatic heterocycles. The summed E-state index contributed by atoms with van der Waals surface area (Å²) in [4.78, 5) is 20.0. The second-order valence-corrected chi connectivity index (χ2v) is 6.43. The van der Waals surface area contributed by atoms with Gasteiger partial charge in [0.05, 0.1) is 11.5 Å². The van der Waals surface area contributed by atoms with Gasteiger partial charge < -0.3 is 10.2 Å². The summed E-state index contributed by atoms with van der Waals surface area (Å²) in [7, 11) is -4.67. The first-order valence-electron chi connectivity index (χ1n) is 5.71. The lowest BCUT2D eigenvalue weighted by Gasteiger charge is -2.35. The van der Waals surface area contributed by atoms with Gasteiger partial charge in [-0.3, -0.25) is 4.79 Å². The van der Waals surface area contributed by atoms with E-state index >= 15 is 0 Å². The van der Waals surface area contributed by atoms with E-state index in [0.717, 1.165) is 0 Å². The van der Waals surface area contributed by atoms with Gasteiger partial charge in [-0.25, -0.2) is 26.4 Å². The average molecular weight is 339 g/mol. The van der Waals surface area contributed by atoms with Crippen LogP contribution in [-0.4, -0.2) is 48.0 Å². The van der Waals surface area contributed by atoms with Crippen LogP contribution in [0.3, 0.4) is 0 Å². The summed E-state index contributed by atoms with van der Waals surface area (Å²) in [6.07, 6.45) is 0. The second-order valence-electron chi connectivity index (χ2n) is 4.53. The van der Waals surface area contributed by atoms with Crippen LogP contribution in [0.1, 0.15) is 10.4 Å². The van der Waals surface area contributed by atoms with Gasteiger partial charge in [0.15, 0.2) is 17.5 Å². The molecule has 1 aromatic rings. The van der Waals surface area contributed by atoms with Gasteiger partial charge in [0.2, 0.25) is 10.0 Å². The minimum Gasteiger partial charge on any atom is -0.481 e. The highest BCUT2D eigenvalue weighted by molar-refractivity contribution is 7.89. The second kappa shape index (κ2) is 5.25. The van der Waals surface area contributed by atoms with Crippen molar-refractivity contribution in [1.29, 1.82) is 0 Å². The maximum Gasteiger partial charge on any atom is 0.338 e. The van der Waals surface area contributed by atoms with E-state index in [1.165, 1.54) is 0 Å². The number of hydrogen-bond donors (Lipinski definition) is 2. The van der Waals surface area contributed by atoms with E-state index in [4.69, 9.17) is 10.2 Å². The molecular weight excluding hydrogens is 331 g/mol. The molecule has 0 radical (unpaired) electrons. The van der Waals surface area contributed by atoms with Gasteiger partial charge in [0, 0.05) is 13.1 Å². The average Bonchev–Trinajstić information content (AvgIpc) is 2.32. The predicted molar refractivity (Wildman–Crippen MR) is 63.2 cm³/mol. The maximum atomic E-state index is 13.6. The number of hydrogen-bond acceptors (Lipinski definition) is 4. The molecule has 1 heterocycles. The number of carboxylic acid groups (broad SMARTS) is 2. The van der Waals surface area contributed by atoms with Crippen LogP contribution in [0.25, 0.3) is 0 Å². The third-order valence-corrected chi connectivity index (χ3v) is 4.99. The molecule has 0 aliphatic carbocycles. The van der Waals surface area contributed by atoms with Crippen molar-refractivity contribution in [2.24, 2.45) is 5.92 Å². The first-order valence-corrected chi connectivity index (χ1v) is 7.15. The highest BCUT2D eigenvalue weighted by atomic mass is 32.2. The number of carboxylic acids is 2. The molecule has 1 saturated heterocycles. The summed E-state index contributed by atoms with van der Waals surface area (Å²) >= 11 is 0. The molecule has 0 amide bonds. The van der Waals surface area contributed by atoms with Gasteiger partial charge in [-0.1, -0.05) is 0 Å². The Balaban J connectivity index is 2.49. The van der Waals surface area contributed by atoms with Gasteiger partial charge in [-0.05, 0) is 6.07 Å². The van der Waals surface area contributed by atoms with Crippen LogP contribution in [0.4, 0.5) is 13.2 Å². The van der Waals surface area contributed by atoms with Crippen molar-refractivity contribution >= 4 is 22.0 Å². The van der Waals surface area contributed by atoms with E-state index in [-0.39, 0.29) is 6.07 Å². The largest absolute Gasteiger partial charge is 0.481 e. The summed E-state index contributed by atoms with van der Waals surface area (Å²) in [5.74, 6) is -10.5. The lowest BCUT2D eigenvalue weighted by atomic mass is 10.0. The Kier molecular flexibility index (Phi) is 3.87. The number of rotatable bonds is 4. The minimum atomic E-state index is -4.67.